The van der Waals surface area contributed by atoms with Crippen molar-refractivity contribution in [3.05, 3.63) is 113 Å². The second-order valence-electron chi connectivity index (χ2n) is 22.0. The second kappa shape index (κ2) is 24.9. The molecule has 0 radical (unpaired) electrons. The largest absolute Gasteiger partial charge is 0.494 e. The Morgan fingerprint density at radius 2 is 1.48 bits per heavy atom. The van der Waals surface area contributed by atoms with Gasteiger partial charge in [-0.2, -0.15) is 23.3 Å². The lowest BCUT2D eigenvalue weighted by molar-refractivity contribution is -0.192. The Morgan fingerprint density at radius 3 is 2.12 bits per heavy atom. The van der Waals surface area contributed by atoms with Gasteiger partial charge in [-0.3, -0.25) is 39.0 Å². The van der Waals surface area contributed by atoms with Gasteiger partial charge in [-0.05, 0) is 115 Å². The number of aliphatic carboxylic acids is 1. The van der Waals surface area contributed by atoms with Gasteiger partial charge in [0, 0.05) is 125 Å². The van der Waals surface area contributed by atoms with Gasteiger partial charge < -0.3 is 39.7 Å². The number of anilines is 6. The van der Waals surface area contributed by atoms with E-state index in [1.807, 2.05) is 78.7 Å². The van der Waals surface area contributed by atoms with Crippen LogP contribution < -0.4 is 35.8 Å². The monoisotopic (exact) mass is 1240 g/mol. The lowest BCUT2D eigenvalue weighted by atomic mass is 9.95. The third-order valence-corrected chi connectivity index (χ3v) is 18.3. The number of hydrogen-bond donors (Lipinski definition) is 4. The van der Waals surface area contributed by atoms with Crippen molar-refractivity contribution in [1.82, 2.24) is 39.8 Å². The van der Waals surface area contributed by atoms with Gasteiger partial charge in [-0.25, -0.2) is 9.78 Å². The summed E-state index contributed by atoms with van der Waals surface area (Å²) in [6.07, 6.45) is 4.96. The third-order valence-electron chi connectivity index (χ3n) is 16.2. The maximum absolute atomic E-state index is 13.7. The number of aromatic nitrogens is 4. The number of carbonyl (C=O) groups excluding carboxylic acids is 4. The van der Waals surface area contributed by atoms with Gasteiger partial charge in [0.25, 0.3) is 11.8 Å². The average Bonchev–Trinajstić information content (AvgIpc) is 2.62. The van der Waals surface area contributed by atoms with Crippen LogP contribution in [0, 0.1) is 5.92 Å². The van der Waals surface area contributed by atoms with E-state index in [9.17, 15) is 36.9 Å². The molecule has 20 nitrogen and oxygen atoms in total. The number of alkyl halides is 3. The average molecular weight is 1240 g/mol. The molecule has 2 aromatic heterocycles. The first-order valence-corrected chi connectivity index (χ1v) is 31.2. The van der Waals surface area contributed by atoms with Crippen LogP contribution in [0.2, 0.25) is 0 Å². The molecule has 4 aromatic carbocycles. The molecule has 5 aliphatic rings. The van der Waals surface area contributed by atoms with Crippen LogP contribution in [0.5, 0.6) is 5.75 Å². The smallest absolute Gasteiger partial charge is 0.490 e. The van der Waals surface area contributed by atoms with E-state index in [1.54, 1.807) is 38.8 Å². The van der Waals surface area contributed by atoms with Crippen molar-refractivity contribution in [1.29, 1.82) is 0 Å². The van der Waals surface area contributed by atoms with E-state index in [-0.39, 0.29) is 18.7 Å². The Labute approximate surface area is 492 Å². The highest BCUT2D eigenvalue weighted by atomic mass is 79.9. The van der Waals surface area contributed by atoms with Crippen molar-refractivity contribution in [3.63, 3.8) is 0 Å². The molecule has 442 valence electrons. The minimum Gasteiger partial charge on any atom is -0.494 e. The number of hydrogen-bond acceptors (Lipinski definition) is 16. The topological polar surface area (TPSA) is 228 Å². The van der Waals surface area contributed by atoms with E-state index in [0.29, 0.717) is 56.4 Å². The van der Waals surface area contributed by atoms with Gasteiger partial charge >= 0.3 is 12.1 Å². The third kappa shape index (κ3) is 13.3. The summed E-state index contributed by atoms with van der Waals surface area (Å²) < 4.78 is 54.0. The fourth-order valence-electron chi connectivity index (χ4n) is 11.7. The molecule has 0 saturated carbocycles. The van der Waals surface area contributed by atoms with Crippen LogP contribution in [0.15, 0.2) is 102 Å². The number of nitrogens with zero attached hydrogens (tertiary/aromatic N) is 9. The van der Waals surface area contributed by atoms with E-state index in [1.165, 1.54) is 0 Å². The number of aryl methyl sites for hydroxylation is 1. The highest BCUT2D eigenvalue weighted by Crippen LogP contribution is 2.43. The summed E-state index contributed by atoms with van der Waals surface area (Å²) in [5.41, 5.74) is 8.09. The first-order valence-electron chi connectivity index (χ1n) is 27.8. The summed E-state index contributed by atoms with van der Waals surface area (Å²) in [5, 5.41) is 21.6. The molecule has 0 spiro atoms. The number of amides is 4. The summed E-state index contributed by atoms with van der Waals surface area (Å²) in [5.74, 6) is -2.58. The number of ether oxygens (including phenoxy) is 1. The standard InChI is InChI=1S/C57H64BrN12O6P.C2HF3O2/c1-65-35-39(32-60-65)43-30-47(62-57-59-33-45(58)53(64-57)61-46-13-10-38(28-51(46)77(3,4)75)37-8-6-5-7-9-37)50(76-2)31-49(43)69-22-18-40(19-23-69)68-26-24-66(25-27-68)34-36-16-20-67(21-17-36)41-11-12-42-44(29-41)56(74)70(55(42)73)48-14-15-52(71)63-54(48)72;3-2(4,5)1(6)7/h5-13,28-33,35-36,40,48H,14-27,34H2,1-4H3,(H,63,71,72)(H2,59,61,62,64);(H,6,7). The van der Waals surface area contributed by atoms with E-state index >= 15 is 0 Å². The van der Waals surface area contributed by atoms with Gasteiger partial charge in [0.05, 0.1) is 40.3 Å². The van der Waals surface area contributed by atoms with Crippen LogP contribution in [-0.2, 0) is 26.0 Å². The molecule has 4 amide bonds. The lowest BCUT2D eigenvalue weighted by Gasteiger charge is -2.44. The van der Waals surface area contributed by atoms with Crippen molar-refractivity contribution in [2.24, 2.45) is 13.0 Å². The number of methoxy groups -OCH3 is 1. The molecule has 1 unspecified atom stereocenters. The summed E-state index contributed by atoms with van der Waals surface area (Å²) in [6, 6.07) is 25.2. The molecule has 1 atom stereocenters. The molecule has 0 bridgehead atoms. The number of carbonyl (C=O) groups is 5. The number of carboxylic acids is 1. The normalized spacial score (nSPS) is 18.5. The number of halogens is 4. The molecule has 11 rings (SSSR count). The van der Waals surface area contributed by atoms with Crippen molar-refractivity contribution in [3.8, 4) is 28.0 Å². The Bertz CT molecular complexity index is 3520. The molecule has 4 saturated heterocycles. The van der Waals surface area contributed by atoms with Crippen molar-refractivity contribution < 1.29 is 51.6 Å². The molecular weight excluding hydrogens is 1170 g/mol. The molecule has 4 fully saturated rings. The van der Waals surface area contributed by atoms with E-state index < -0.39 is 43.1 Å². The van der Waals surface area contributed by atoms with Gasteiger partial charge in [0.2, 0.25) is 17.8 Å². The predicted octanol–water partition coefficient (Wildman–Crippen LogP) is 8.59. The van der Waals surface area contributed by atoms with Crippen molar-refractivity contribution >= 4 is 92.5 Å². The van der Waals surface area contributed by atoms with Crippen LogP contribution >= 0.6 is 23.1 Å². The molecule has 5 aliphatic heterocycles. The Balaban J connectivity index is 0.00000106. The fraction of sp³-hybridized carbons (Fsp3) is 0.390. The SMILES string of the molecule is COc1cc(N2CCC(N3CCN(CC4CCN(c5ccc6c(c5)C(=O)N(C5CCC(=O)NC5=O)C6=O)CC4)CC3)CC2)c(-c2cnn(C)c2)cc1Nc1ncc(Br)c(Nc2ccc(-c3ccccc3)cc2P(C)(C)=O)n1.O=C(O)C(F)(F)F. The number of piperazine rings is 1. The molecule has 6 aromatic rings. The number of rotatable bonds is 14. The number of benzene rings is 4. The molecule has 84 heavy (non-hydrogen) atoms. The summed E-state index contributed by atoms with van der Waals surface area (Å²) in [7, 11) is 0.895. The van der Waals surface area contributed by atoms with Crippen LogP contribution in [0.3, 0.4) is 0 Å². The van der Waals surface area contributed by atoms with Crippen LogP contribution in [-0.4, -0.2) is 167 Å². The maximum Gasteiger partial charge on any atom is 0.490 e. The fourth-order valence-corrected chi connectivity index (χ4v) is 13.2. The summed E-state index contributed by atoms with van der Waals surface area (Å²) in [6.45, 7) is 12.4. The highest BCUT2D eigenvalue weighted by Gasteiger charge is 2.45. The first-order chi connectivity index (χ1) is 40.1. The summed E-state index contributed by atoms with van der Waals surface area (Å²) in [4.78, 5) is 80.5. The molecule has 0 aliphatic carbocycles. The number of fused-ring (bicyclic) bond motifs is 1. The first kappa shape index (κ1) is 59.5. The number of carboxylic acid groups (broad SMARTS) is 1. The Hall–Kier alpha value is -7.66. The van der Waals surface area contributed by atoms with Crippen LogP contribution in [0.25, 0.3) is 22.3 Å². The molecule has 7 heterocycles. The minimum atomic E-state index is -5.08. The summed E-state index contributed by atoms with van der Waals surface area (Å²) >= 11 is 3.65. The Kier molecular flexibility index (Phi) is 17.6. The number of nitrogens with one attached hydrogen (secondary N) is 3. The van der Waals surface area contributed by atoms with Gasteiger partial charge in [-0.1, -0.05) is 36.4 Å². The van der Waals surface area contributed by atoms with E-state index in [2.05, 4.69) is 73.7 Å². The lowest BCUT2D eigenvalue weighted by Crippen LogP contribution is -2.54. The van der Waals surface area contributed by atoms with Crippen LogP contribution in [0.1, 0.15) is 59.2 Å². The molecule has 4 N–H and O–H groups in total. The van der Waals surface area contributed by atoms with Crippen LogP contribution in [0.4, 0.5) is 47.7 Å². The minimum absolute atomic E-state index is 0.0938. The zero-order chi connectivity index (χ0) is 59.6. The molecule has 25 heteroatoms. The van der Waals surface area contributed by atoms with Crippen molar-refractivity contribution in [2.45, 2.75) is 56.8 Å². The zero-order valence-electron chi connectivity index (χ0n) is 46.9. The number of imide groups is 2. The van der Waals surface area contributed by atoms with Crippen molar-refractivity contribution in [2.75, 3.05) is 99.8 Å². The quantitative estimate of drug-likeness (QED) is 0.0591. The number of piperidine rings is 3. The van der Waals surface area contributed by atoms with E-state index in [0.717, 1.165) is 128 Å². The van der Waals surface area contributed by atoms with Gasteiger partial charge in [-0.15, -0.1) is 0 Å². The van der Waals surface area contributed by atoms with Gasteiger partial charge in [0.15, 0.2) is 0 Å². The Morgan fingerprint density at radius 1 is 0.786 bits per heavy atom. The van der Waals surface area contributed by atoms with E-state index in [4.69, 9.17) is 19.6 Å². The predicted molar refractivity (Wildman–Crippen MR) is 317 cm³/mol. The highest BCUT2D eigenvalue weighted by molar-refractivity contribution is 9.10. The maximum atomic E-state index is 13.7. The molecular formula is C59H65BrF3N12O8P. The zero-order valence-corrected chi connectivity index (χ0v) is 49.3. The van der Waals surface area contributed by atoms with Gasteiger partial charge in [0.1, 0.15) is 24.8 Å². The second-order valence-corrected chi connectivity index (χ2v) is 26.1.